The van der Waals surface area contributed by atoms with Crippen LogP contribution in [-0.2, 0) is 14.3 Å². The molecule has 1 fully saturated rings. The summed E-state index contributed by atoms with van der Waals surface area (Å²) in [4.78, 5) is 23.6. The molecule has 7 nitrogen and oxygen atoms in total. The summed E-state index contributed by atoms with van der Waals surface area (Å²) in [5.74, 6) is -0.253. The van der Waals surface area contributed by atoms with Crippen LogP contribution >= 0.6 is 11.8 Å². The van der Waals surface area contributed by atoms with E-state index in [-0.39, 0.29) is 35.6 Å². The van der Waals surface area contributed by atoms with Gasteiger partial charge in [-0.3, -0.25) is 4.79 Å². The number of esters is 1. The number of nitrogens with zero attached hydrogens (tertiary/aromatic N) is 2. The highest BCUT2D eigenvalue weighted by molar-refractivity contribution is 8.04. The number of thioether (sulfide) groups is 1. The summed E-state index contributed by atoms with van der Waals surface area (Å²) in [6, 6.07) is 9.20. The molecule has 8 heteroatoms. The van der Waals surface area contributed by atoms with E-state index < -0.39 is 5.97 Å². The van der Waals surface area contributed by atoms with E-state index in [1.807, 2.05) is 30.3 Å². The normalized spacial score (nSPS) is 16.1. The van der Waals surface area contributed by atoms with Gasteiger partial charge in [-0.15, -0.1) is 10.2 Å². The number of carbonyl (C=O) groups is 2. The van der Waals surface area contributed by atoms with Gasteiger partial charge in [-0.25, -0.2) is 4.79 Å². The summed E-state index contributed by atoms with van der Waals surface area (Å²) in [5, 5.41) is 10.9. The minimum atomic E-state index is -0.611. The third kappa shape index (κ3) is 3.26. The molecule has 1 aliphatic heterocycles. The molecule has 1 aromatic carbocycles. The molecule has 0 saturated carbocycles. The lowest BCUT2D eigenvalue weighted by atomic mass is 10.2. The first-order chi connectivity index (χ1) is 11.2. The molecule has 0 aliphatic carbocycles. The van der Waals surface area contributed by atoms with Crippen LogP contribution in [0.2, 0.25) is 0 Å². The largest absolute Gasteiger partial charge is 0.462 e. The summed E-state index contributed by atoms with van der Waals surface area (Å²) < 4.78 is 10.6. The van der Waals surface area contributed by atoms with Crippen LogP contribution in [0.15, 0.2) is 39.8 Å². The molecule has 0 radical (unpaired) electrons. The van der Waals surface area contributed by atoms with Crippen molar-refractivity contribution < 1.29 is 18.7 Å². The third-order valence-electron chi connectivity index (χ3n) is 2.97. The molecule has 3 rings (SSSR count). The van der Waals surface area contributed by atoms with Crippen LogP contribution in [0.5, 0.6) is 0 Å². The van der Waals surface area contributed by atoms with Gasteiger partial charge in [0.1, 0.15) is 0 Å². The van der Waals surface area contributed by atoms with Gasteiger partial charge in [-0.05, 0) is 19.1 Å². The van der Waals surface area contributed by atoms with E-state index in [1.165, 1.54) is 11.8 Å². The van der Waals surface area contributed by atoms with E-state index in [1.54, 1.807) is 6.92 Å². The first-order valence-electron chi connectivity index (χ1n) is 6.92. The topological polar surface area (TPSA) is 94.3 Å². The Labute approximate surface area is 136 Å². The average Bonchev–Trinajstić information content (AvgIpc) is 3.19. The summed E-state index contributed by atoms with van der Waals surface area (Å²) >= 11 is 1.20. The lowest BCUT2D eigenvalue weighted by Gasteiger charge is -2.06. The van der Waals surface area contributed by atoms with Crippen molar-refractivity contribution in [1.29, 1.82) is 0 Å². The molecular formula is C15H13N3O4S. The zero-order chi connectivity index (χ0) is 16.2. The molecule has 2 heterocycles. The third-order valence-corrected chi connectivity index (χ3v) is 3.97. The molecule has 1 aromatic heterocycles. The van der Waals surface area contributed by atoms with Gasteiger partial charge in [0.2, 0.25) is 11.8 Å². The van der Waals surface area contributed by atoms with Gasteiger partial charge >= 0.3 is 5.97 Å². The van der Waals surface area contributed by atoms with E-state index >= 15 is 0 Å². The minimum Gasteiger partial charge on any atom is -0.462 e. The maximum absolute atomic E-state index is 12.2. The van der Waals surface area contributed by atoms with Crippen molar-refractivity contribution in [2.45, 2.75) is 6.92 Å². The lowest BCUT2D eigenvalue weighted by Crippen LogP contribution is -2.18. The quantitative estimate of drug-likeness (QED) is 0.674. The molecule has 1 saturated heterocycles. The minimum absolute atomic E-state index is 0.0204. The number of hydrogen-bond acceptors (Lipinski definition) is 7. The predicted octanol–water partition coefficient (Wildman–Crippen LogP) is 1.83. The van der Waals surface area contributed by atoms with Crippen LogP contribution < -0.4 is 5.32 Å². The smallest absolute Gasteiger partial charge is 0.346 e. The predicted molar refractivity (Wildman–Crippen MR) is 83.9 cm³/mol. The van der Waals surface area contributed by atoms with Crippen molar-refractivity contribution >= 4 is 29.2 Å². The number of carbonyl (C=O) groups excluding carboxylic acids is 2. The van der Waals surface area contributed by atoms with Crippen LogP contribution in [0.1, 0.15) is 12.8 Å². The number of aromatic nitrogens is 2. The SMILES string of the molecule is CCOC(=O)/C(=C1\NC(=O)CS1)c1nnc(-c2ccccc2)o1. The second-order valence-electron chi connectivity index (χ2n) is 4.54. The fraction of sp³-hybridized carbons (Fsp3) is 0.200. The Kier molecular flexibility index (Phi) is 4.42. The maximum atomic E-state index is 12.2. The van der Waals surface area contributed by atoms with Crippen molar-refractivity contribution in [2.75, 3.05) is 12.4 Å². The Bertz CT molecular complexity index is 770. The highest BCUT2D eigenvalue weighted by atomic mass is 32.2. The Balaban J connectivity index is 2.00. The molecule has 2 aromatic rings. The average molecular weight is 331 g/mol. The highest BCUT2D eigenvalue weighted by Gasteiger charge is 2.29. The molecular weight excluding hydrogens is 318 g/mol. The van der Waals surface area contributed by atoms with Crippen molar-refractivity contribution in [2.24, 2.45) is 0 Å². The summed E-state index contributed by atoms with van der Waals surface area (Å²) in [5.41, 5.74) is 0.819. The zero-order valence-corrected chi connectivity index (χ0v) is 13.1. The van der Waals surface area contributed by atoms with Crippen LogP contribution in [0.25, 0.3) is 17.0 Å². The van der Waals surface area contributed by atoms with Gasteiger partial charge in [0, 0.05) is 5.56 Å². The summed E-state index contributed by atoms with van der Waals surface area (Å²) in [6.45, 7) is 1.90. The molecule has 0 bridgehead atoms. The van der Waals surface area contributed by atoms with Crippen molar-refractivity contribution in [3.63, 3.8) is 0 Å². The second kappa shape index (κ2) is 6.66. The zero-order valence-electron chi connectivity index (χ0n) is 12.2. The van der Waals surface area contributed by atoms with Crippen LogP contribution in [-0.4, -0.2) is 34.4 Å². The first kappa shape index (κ1) is 15.3. The molecule has 1 N–H and O–H groups in total. The van der Waals surface area contributed by atoms with E-state index in [4.69, 9.17) is 9.15 Å². The lowest BCUT2D eigenvalue weighted by molar-refractivity contribution is -0.136. The van der Waals surface area contributed by atoms with Crippen molar-refractivity contribution in [1.82, 2.24) is 15.5 Å². The molecule has 118 valence electrons. The second-order valence-corrected chi connectivity index (χ2v) is 5.53. The monoisotopic (exact) mass is 331 g/mol. The maximum Gasteiger partial charge on any atom is 0.346 e. The number of hydrogen-bond donors (Lipinski definition) is 1. The number of benzene rings is 1. The van der Waals surface area contributed by atoms with Gasteiger partial charge < -0.3 is 14.5 Å². The van der Waals surface area contributed by atoms with Crippen LogP contribution in [0, 0.1) is 0 Å². The number of rotatable bonds is 4. The number of ether oxygens (including phenoxy) is 1. The van der Waals surface area contributed by atoms with E-state index in [0.717, 1.165) is 5.56 Å². The van der Waals surface area contributed by atoms with Gasteiger partial charge in [0.15, 0.2) is 5.57 Å². The molecule has 1 amide bonds. The van der Waals surface area contributed by atoms with E-state index in [0.29, 0.717) is 5.03 Å². The van der Waals surface area contributed by atoms with E-state index in [9.17, 15) is 9.59 Å². The van der Waals surface area contributed by atoms with Gasteiger partial charge in [0.05, 0.1) is 17.4 Å². The summed E-state index contributed by atoms with van der Waals surface area (Å²) in [6.07, 6.45) is 0. The Morgan fingerprint density at radius 1 is 1.35 bits per heavy atom. The van der Waals surface area contributed by atoms with Gasteiger partial charge in [-0.1, -0.05) is 30.0 Å². The Hall–Kier alpha value is -2.61. The van der Waals surface area contributed by atoms with E-state index in [2.05, 4.69) is 15.5 Å². The molecule has 0 unspecified atom stereocenters. The number of nitrogens with one attached hydrogen (secondary N) is 1. The Morgan fingerprint density at radius 2 is 2.13 bits per heavy atom. The molecule has 1 aliphatic rings. The standard InChI is InChI=1S/C15H13N3O4S/c1-2-21-15(20)11(14-16-10(19)8-23-14)13-18-17-12(22-13)9-6-4-3-5-7-9/h3-7H,2,8H2,1H3,(H,16,19)/b14-11+. The fourth-order valence-corrected chi connectivity index (χ4v) is 2.82. The Morgan fingerprint density at radius 3 is 2.78 bits per heavy atom. The van der Waals surface area contributed by atoms with Crippen molar-refractivity contribution in [3.8, 4) is 11.5 Å². The van der Waals surface area contributed by atoms with Crippen molar-refractivity contribution in [3.05, 3.63) is 41.3 Å². The summed E-state index contributed by atoms with van der Waals surface area (Å²) in [7, 11) is 0. The number of amides is 1. The molecule has 0 spiro atoms. The highest BCUT2D eigenvalue weighted by Crippen LogP contribution is 2.30. The first-order valence-corrected chi connectivity index (χ1v) is 7.91. The molecule has 23 heavy (non-hydrogen) atoms. The van der Waals surface area contributed by atoms with Gasteiger partial charge in [-0.2, -0.15) is 0 Å². The molecule has 0 atom stereocenters. The van der Waals surface area contributed by atoms with Crippen LogP contribution in [0.4, 0.5) is 0 Å². The van der Waals surface area contributed by atoms with Crippen LogP contribution in [0.3, 0.4) is 0 Å². The fourth-order valence-electron chi connectivity index (χ4n) is 1.97. The van der Waals surface area contributed by atoms with Gasteiger partial charge in [0.25, 0.3) is 5.89 Å².